The Morgan fingerprint density at radius 1 is 0.676 bits per heavy atom. The monoisotopic (exact) mass is 494 g/mol. The molecule has 0 rings (SSSR count). The van der Waals surface area contributed by atoms with E-state index in [9.17, 15) is 24.0 Å². The molecule has 0 aliphatic carbocycles. The van der Waals surface area contributed by atoms with Gasteiger partial charge in [-0.2, -0.15) is 5.26 Å². The molecule has 13 heteroatoms. The lowest BCUT2D eigenvalue weighted by atomic mass is 10.2. The molecule has 0 aromatic heterocycles. The highest BCUT2D eigenvalue weighted by molar-refractivity contribution is 5.80. The van der Waals surface area contributed by atoms with Gasteiger partial charge in [-0.25, -0.2) is 24.0 Å². The number of aliphatic hydroxyl groups excluding tert-OH is 1. The minimum Gasteiger partial charge on any atom is -0.478 e. The molecule has 0 aromatic carbocycles. The van der Waals surface area contributed by atoms with Gasteiger partial charge in [-0.3, -0.25) is 4.89 Å². The van der Waals surface area contributed by atoms with Crippen molar-refractivity contribution < 1.29 is 64.8 Å². The van der Waals surface area contributed by atoms with Gasteiger partial charge in [0, 0.05) is 30.4 Å². The maximum Gasteiger partial charge on any atom is 0.365 e. The molecule has 0 saturated carbocycles. The highest BCUT2D eigenvalue weighted by atomic mass is 17.1. The molecular formula is C21H34O13. The first-order valence-corrected chi connectivity index (χ1v) is 8.92. The molecule has 0 aliphatic heterocycles. The Bertz CT molecular complexity index is 536. The number of rotatable bonds is 9. The maximum atomic E-state index is 9.59. The van der Waals surface area contributed by atoms with Crippen molar-refractivity contribution in [3.8, 4) is 0 Å². The fourth-order valence-electron chi connectivity index (χ4n) is 0.614. The average molecular weight is 494 g/mol. The van der Waals surface area contributed by atoms with Crippen LogP contribution in [-0.4, -0.2) is 72.0 Å². The van der Waals surface area contributed by atoms with Crippen molar-refractivity contribution in [2.45, 2.75) is 38.9 Å². The lowest BCUT2D eigenvalue weighted by molar-refractivity contribution is -0.228. The summed E-state index contributed by atoms with van der Waals surface area (Å²) in [6.45, 7) is 16.9. The van der Waals surface area contributed by atoms with Crippen LogP contribution in [0, 0.1) is 0 Å². The molecule has 0 aliphatic rings. The Kier molecular flexibility index (Phi) is 50.7. The summed E-state index contributed by atoms with van der Waals surface area (Å²) >= 11 is 0. The summed E-state index contributed by atoms with van der Waals surface area (Å²) in [7, 11) is 0. The molecule has 7 N–H and O–H groups in total. The van der Waals surface area contributed by atoms with Crippen LogP contribution in [0.5, 0.6) is 0 Å². The maximum absolute atomic E-state index is 9.59. The number of carbonyl (C=O) groups is 5. The zero-order chi connectivity index (χ0) is 28.5. The number of carbonyl (C=O) groups excluding carboxylic acids is 1. The second kappa shape index (κ2) is 39.4. The lowest BCUT2D eigenvalue weighted by Gasteiger charge is -1.99. The molecule has 0 fully saturated rings. The molecule has 0 radical (unpaired) electrons. The van der Waals surface area contributed by atoms with E-state index < -0.39 is 36.1 Å². The van der Waals surface area contributed by atoms with Crippen LogP contribution >= 0.6 is 0 Å². The Morgan fingerprint density at radius 3 is 1.03 bits per heavy atom. The van der Waals surface area contributed by atoms with Crippen molar-refractivity contribution in [2.75, 3.05) is 0 Å². The predicted octanol–water partition coefficient (Wildman–Crippen LogP) is 2.09. The molecule has 0 bridgehead atoms. The Balaban J connectivity index is -0.0000000700. The van der Waals surface area contributed by atoms with Crippen molar-refractivity contribution in [3.63, 3.8) is 0 Å². The highest BCUT2D eigenvalue weighted by Gasteiger charge is 1.93. The van der Waals surface area contributed by atoms with Crippen LogP contribution < -0.4 is 0 Å². The number of aliphatic hydroxyl groups is 2. The van der Waals surface area contributed by atoms with Gasteiger partial charge < -0.3 is 30.6 Å². The minimum absolute atomic E-state index is 0.522. The molecule has 0 spiro atoms. The van der Waals surface area contributed by atoms with Crippen LogP contribution in [-0.2, 0) is 28.9 Å². The van der Waals surface area contributed by atoms with E-state index in [0.717, 1.165) is 49.6 Å². The van der Waals surface area contributed by atoms with Crippen molar-refractivity contribution in [3.05, 3.63) is 63.3 Å². The van der Waals surface area contributed by atoms with Gasteiger partial charge in [-0.1, -0.05) is 52.7 Å². The molecule has 0 amide bonds. The second-order valence-corrected chi connectivity index (χ2v) is 4.76. The molecule has 0 heterocycles. The van der Waals surface area contributed by atoms with Crippen molar-refractivity contribution in [2.24, 2.45) is 0 Å². The van der Waals surface area contributed by atoms with Crippen LogP contribution in [0.1, 0.15) is 32.6 Å². The fourth-order valence-corrected chi connectivity index (χ4v) is 0.614. The smallest absolute Gasteiger partial charge is 0.365 e. The van der Waals surface area contributed by atoms with E-state index in [-0.39, 0.29) is 0 Å². The van der Waals surface area contributed by atoms with Gasteiger partial charge in [-0.15, -0.1) is 0 Å². The number of carboxylic acids is 4. The molecule has 196 valence electrons. The summed E-state index contributed by atoms with van der Waals surface area (Å²) in [6, 6.07) is 0. The lowest BCUT2D eigenvalue weighted by Crippen LogP contribution is -2.02. The van der Waals surface area contributed by atoms with E-state index in [1.54, 1.807) is 0 Å². The molecular weight excluding hydrogens is 460 g/mol. The summed E-state index contributed by atoms with van der Waals surface area (Å²) in [4.78, 5) is 49.7. The molecule has 0 unspecified atom stereocenters. The standard InChI is InChI=1S/C6H14O2.C3H4O3.4C3H4O2/c1-2-3-4-5-6(7)8;1-2-3(4)6-5;4*1-2-3(4)5/h6-8H,2-5H2,1H3;2,5H,1H2;4*2H,1H2,(H,4,5). The van der Waals surface area contributed by atoms with Gasteiger partial charge in [-0.05, 0) is 12.8 Å². The average Bonchev–Trinajstić information content (AvgIpc) is 2.80. The first kappa shape index (κ1) is 43.7. The summed E-state index contributed by atoms with van der Waals surface area (Å²) in [5.41, 5.74) is 0. The topological polar surface area (TPSA) is 236 Å². The van der Waals surface area contributed by atoms with Crippen LogP contribution in [0.3, 0.4) is 0 Å². The van der Waals surface area contributed by atoms with Crippen molar-refractivity contribution in [1.82, 2.24) is 0 Å². The minimum atomic E-state index is -1.10. The summed E-state index contributed by atoms with van der Waals surface area (Å²) < 4.78 is 0. The number of hydrogen-bond donors (Lipinski definition) is 7. The molecule has 34 heavy (non-hydrogen) atoms. The van der Waals surface area contributed by atoms with Crippen molar-refractivity contribution >= 4 is 29.8 Å². The number of aliphatic carboxylic acids is 4. The van der Waals surface area contributed by atoms with Crippen LogP contribution in [0.2, 0.25) is 0 Å². The van der Waals surface area contributed by atoms with E-state index >= 15 is 0 Å². The van der Waals surface area contributed by atoms with Gasteiger partial charge in [0.05, 0.1) is 0 Å². The summed E-state index contributed by atoms with van der Waals surface area (Å²) in [5.74, 6) is -4.76. The summed E-state index contributed by atoms with van der Waals surface area (Å²) in [6.07, 6.45) is 6.77. The number of unbranched alkanes of at least 4 members (excludes halogenated alkanes) is 2. The van der Waals surface area contributed by atoms with E-state index in [0.29, 0.717) is 6.42 Å². The highest BCUT2D eigenvalue weighted by Crippen LogP contribution is 1.99. The van der Waals surface area contributed by atoms with Gasteiger partial charge in [0.15, 0.2) is 6.29 Å². The van der Waals surface area contributed by atoms with Gasteiger partial charge >= 0.3 is 29.8 Å². The second-order valence-electron chi connectivity index (χ2n) is 4.76. The number of hydrogen-bond acceptors (Lipinski definition) is 9. The van der Waals surface area contributed by atoms with Crippen LogP contribution in [0.4, 0.5) is 0 Å². The Hall–Kier alpha value is -4.07. The van der Waals surface area contributed by atoms with E-state index in [1.807, 2.05) is 0 Å². The van der Waals surface area contributed by atoms with E-state index in [2.05, 4.69) is 44.7 Å². The third-order valence-electron chi connectivity index (χ3n) is 2.02. The third-order valence-corrected chi connectivity index (χ3v) is 2.02. The van der Waals surface area contributed by atoms with Gasteiger partial charge in [0.1, 0.15) is 0 Å². The predicted molar refractivity (Wildman–Crippen MR) is 123 cm³/mol. The quantitative estimate of drug-likeness (QED) is 0.0800. The normalized spacial score (nSPS) is 7.44. The first-order chi connectivity index (χ1) is 15.7. The zero-order valence-corrected chi connectivity index (χ0v) is 18.9. The van der Waals surface area contributed by atoms with Crippen LogP contribution in [0.25, 0.3) is 0 Å². The molecule has 0 aromatic rings. The third kappa shape index (κ3) is 121. The molecule has 13 nitrogen and oxygen atoms in total. The first-order valence-electron chi connectivity index (χ1n) is 8.92. The van der Waals surface area contributed by atoms with Gasteiger partial charge in [0.25, 0.3) is 0 Å². The Morgan fingerprint density at radius 2 is 0.941 bits per heavy atom. The number of carboxylic acid groups (broad SMARTS) is 4. The zero-order valence-electron chi connectivity index (χ0n) is 18.9. The summed E-state index contributed by atoms with van der Waals surface area (Å²) in [5, 5.41) is 54.5. The fraction of sp³-hybridized carbons (Fsp3) is 0.286. The SMILES string of the molecule is C=CC(=O)O.C=CC(=O)O.C=CC(=O)O.C=CC(=O)O.C=CC(=O)OO.CCCCCC(O)O. The van der Waals surface area contributed by atoms with Gasteiger partial charge in [0.2, 0.25) is 0 Å². The molecule has 0 atom stereocenters. The van der Waals surface area contributed by atoms with Crippen molar-refractivity contribution in [1.29, 1.82) is 0 Å². The Labute approximate surface area is 197 Å². The largest absolute Gasteiger partial charge is 0.478 e. The van der Waals surface area contributed by atoms with E-state index in [1.165, 1.54) is 0 Å². The van der Waals surface area contributed by atoms with E-state index in [4.69, 9.17) is 35.9 Å². The van der Waals surface area contributed by atoms with Crippen LogP contribution in [0.15, 0.2) is 63.3 Å². The molecule has 0 saturated heterocycles.